The average molecular weight is 423 g/mol. The van der Waals surface area contributed by atoms with Gasteiger partial charge in [-0.25, -0.2) is 4.98 Å². The lowest BCUT2D eigenvalue weighted by Crippen LogP contribution is -2.00. The number of para-hydroxylation sites is 2. The molecule has 5 heteroatoms. The minimum Gasteiger partial charge on any atom is -0.490 e. The summed E-state index contributed by atoms with van der Waals surface area (Å²) in [6.07, 6.45) is 0. The Kier molecular flexibility index (Phi) is 5.12. The molecule has 4 nitrogen and oxygen atoms in total. The zero-order chi connectivity index (χ0) is 18.6. The van der Waals surface area contributed by atoms with Crippen molar-refractivity contribution in [1.82, 2.24) is 9.97 Å². The molecule has 0 amide bonds. The van der Waals surface area contributed by atoms with Gasteiger partial charge in [0.05, 0.1) is 17.6 Å². The topological polar surface area (TPSA) is 47.1 Å². The average Bonchev–Trinajstić information content (AvgIpc) is 3.13. The summed E-state index contributed by atoms with van der Waals surface area (Å²) in [6.45, 7) is 3.02. The number of imidazole rings is 1. The number of nitrogens with zero attached hydrogens (tertiary/aromatic N) is 1. The summed E-state index contributed by atoms with van der Waals surface area (Å²) in [6, 6.07) is 22.0. The van der Waals surface area contributed by atoms with Crippen molar-refractivity contribution in [2.75, 3.05) is 6.61 Å². The van der Waals surface area contributed by atoms with Gasteiger partial charge in [-0.2, -0.15) is 0 Å². The van der Waals surface area contributed by atoms with E-state index < -0.39 is 0 Å². The number of H-pyrrole nitrogens is 1. The number of ether oxygens (including phenoxy) is 2. The number of fused-ring (bicyclic) bond motifs is 1. The second kappa shape index (κ2) is 7.84. The molecule has 0 atom stereocenters. The van der Waals surface area contributed by atoms with E-state index in [0.717, 1.165) is 38.2 Å². The second-order valence-electron chi connectivity index (χ2n) is 6.11. The number of aromatic nitrogens is 2. The smallest absolute Gasteiger partial charge is 0.161 e. The third-order valence-electron chi connectivity index (χ3n) is 4.21. The maximum Gasteiger partial charge on any atom is 0.161 e. The van der Waals surface area contributed by atoms with Gasteiger partial charge >= 0.3 is 0 Å². The van der Waals surface area contributed by atoms with E-state index in [2.05, 4.69) is 25.9 Å². The number of hydrogen-bond donors (Lipinski definition) is 1. The van der Waals surface area contributed by atoms with Crippen molar-refractivity contribution in [2.24, 2.45) is 0 Å². The molecule has 1 heterocycles. The molecular formula is C22H19BrN2O2. The highest BCUT2D eigenvalue weighted by atomic mass is 79.9. The van der Waals surface area contributed by atoms with E-state index in [1.54, 1.807) is 0 Å². The van der Waals surface area contributed by atoms with Crippen LogP contribution in [0.3, 0.4) is 0 Å². The largest absolute Gasteiger partial charge is 0.490 e. The molecule has 4 aromatic rings. The Bertz CT molecular complexity index is 1020. The van der Waals surface area contributed by atoms with Crippen LogP contribution in [0.15, 0.2) is 71.2 Å². The minimum atomic E-state index is 0.483. The highest BCUT2D eigenvalue weighted by Crippen LogP contribution is 2.33. The summed E-state index contributed by atoms with van der Waals surface area (Å²) < 4.78 is 12.9. The maximum absolute atomic E-state index is 5.99. The van der Waals surface area contributed by atoms with Crippen LogP contribution in [0.1, 0.15) is 12.5 Å². The van der Waals surface area contributed by atoms with Gasteiger partial charge in [0.2, 0.25) is 0 Å². The van der Waals surface area contributed by atoms with E-state index in [-0.39, 0.29) is 0 Å². The first-order chi connectivity index (χ1) is 13.2. The van der Waals surface area contributed by atoms with Crippen LogP contribution in [-0.4, -0.2) is 16.6 Å². The Morgan fingerprint density at radius 1 is 0.926 bits per heavy atom. The fourth-order valence-electron chi connectivity index (χ4n) is 2.87. The van der Waals surface area contributed by atoms with Gasteiger partial charge in [0.1, 0.15) is 12.4 Å². The van der Waals surface area contributed by atoms with Crippen LogP contribution in [0.5, 0.6) is 11.5 Å². The SMILES string of the molecule is CCOc1cc(-c2nc3ccccc3[nH]2)ccc1OCc1ccc(Br)cc1. The first-order valence-electron chi connectivity index (χ1n) is 8.82. The lowest BCUT2D eigenvalue weighted by molar-refractivity contribution is 0.269. The molecule has 3 aromatic carbocycles. The van der Waals surface area contributed by atoms with Gasteiger partial charge < -0.3 is 14.5 Å². The van der Waals surface area contributed by atoms with Gasteiger partial charge in [-0.05, 0) is 55.0 Å². The maximum atomic E-state index is 5.99. The van der Waals surface area contributed by atoms with Crippen LogP contribution in [0.25, 0.3) is 22.4 Å². The highest BCUT2D eigenvalue weighted by molar-refractivity contribution is 9.10. The third-order valence-corrected chi connectivity index (χ3v) is 4.74. The van der Waals surface area contributed by atoms with Crippen molar-refractivity contribution in [3.8, 4) is 22.9 Å². The fourth-order valence-corrected chi connectivity index (χ4v) is 3.14. The Morgan fingerprint density at radius 2 is 1.74 bits per heavy atom. The van der Waals surface area contributed by atoms with Crippen molar-refractivity contribution < 1.29 is 9.47 Å². The standard InChI is InChI=1S/C22H19BrN2O2/c1-2-26-21-13-16(22-24-18-5-3-4-6-19(18)25-22)9-12-20(21)27-14-15-7-10-17(23)11-8-15/h3-13H,2,14H2,1H3,(H,24,25). The summed E-state index contributed by atoms with van der Waals surface area (Å²) in [5.41, 5.74) is 4.02. The Hall–Kier alpha value is -2.79. The van der Waals surface area contributed by atoms with Crippen molar-refractivity contribution >= 4 is 27.0 Å². The molecule has 0 unspecified atom stereocenters. The van der Waals surface area contributed by atoms with Crippen molar-refractivity contribution in [3.05, 3.63) is 76.8 Å². The highest BCUT2D eigenvalue weighted by Gasteiger charge is 2.11. The van der Waals surface area contributed by atoms with Gasteiger partial charge in [0.15, 0.2) is 11.5 Å². The first-order valence-corrected chi connectivity index (χ1v) is 9.61. The van der Waals surface area contributed by atoms with E-state index in [4.69, 9.17) is 9.47 Å². The normalized spacial score (nSPS) is 10.9. The van der Waals surface area contributed by atoms with E-state index in [1.807, 2.05) is 73.7 Å². The molecule has 0 fully saturated rings. The Morgan fingerprint density at radius 3 is 2.52 bits per heavy atom. The fraction of sp³-hybridized carbons (Fsp3) is 0.136. The number of benzene rings is 3. The second-order valence-corrected chi connectivity index (χ2v) is 7.03. The molecule has 1 aromatic heterocycles. The van der Waals surface area contributed by atoms with E-state index >= 15 is 0 Å². The van der Waals surface area contributed by atoms with E-state index in [9.17, 15) is 0 Å². The first kappa shape index (κ1) is 17.6. The lowest BCUT2D eigenvalue weighted by Gasteiger charge is -2.13. The van der Waals surface area contributed by atoms with Gasteiger partial charge in [-0.1, -0.05) is 40.2 Å². The molecule has 0 aliphatic carbocycles. The number of aromatic amines is 1. The Balaban J connectivity index is 1.60. The number of hydrogen-bond acceptors (Lipinski definition) is 3. The molecule has 0 saturated heterocycles. The summed E-state index contributed by atoms with van der Waals surface area (Å²) in [5, 5.41) is 0. The quantitative estimate of drug-likeness (QED) is 0.416. The summed E-state index contributed by atoms with van der Waals surface area (Å²) in [5.74, 6) is 2.25. The number of halogens is 1. The predicted octanol–water partition coefficient (Wildman–Crippen LogP) is 5.97. The van der Waals surface area contributed by atoms with Crippen molar-refractivity contribution in [2.45, 2.75) is 13.5 Å². The predicted molar refractivity (Wildman–Crippen MR) is 111 cm³/mol. The molecule has 0 bridgehead atoms. The van der Waals surface area contributed by atoms with Crippen LogP contribution in [0.4, 0.5) is 0 Å². The summed E-state index contributed by atoms with van der Waals surface area (Å²) >= 11 is 3.45. The van der Waals surface area contributed by atoms with Gasteiger partial charge in [0, 0.05) is 10.0 Å². The number of nitrogens with one attached hydrogen (secondary N) is 1. The number of rotatable bonds is 6. The van der Waals surface area contributed by atoms with Crippen molar-refractivity contribution in [1.29, 1.82) is 0 Å². The lowest BCUT2D eigenvalue weighted by atomic mass is 10.2. The van der Waals surface area contributed by atoms with Crippen LogP contribution in [-0.2, 0) is 6.61 Å². The molecule has 0 aliphatic heterocycles. The molecule has 0 spiro atoms. The van der Waals surface area contributed by atoms with Gasteiger partial charge in [-0.3, -0.25) is 0 Å². The molecular weight excluding hydrogens is 404 g/mol. The third kappa shape index (κ3) is 3.98. The summed E-state index contributed by atoms with van der Waals surface area (Å²) in [4.78, 5) is 8.01. The summed E-state index contributed by atoms with van der Waals surface area (Å²) in [7, 11) is 0. The van der Waals surface area contributed by atoms with Gasteiger partial charge in [-0.15, -0.1) is 0 Å². The molecule has 0 radical (unpaired) electrons. The Labute approximate surface area is 166 Å². The zero-order valence-electron chi connectivity index (χ0n) is 14.9. The minimum absolute atomic E-state index is 0.483. The van der Waals surface area contributed by atoms with Crippen molar-refractivity contribution in [3.63, 3.8) is 0 Å². The van der Waals surface area contributed by atoms with E-state index in [1.165, 1.54) is 0 Å². The molecule has 4 rings (SSSR count). The molecule has 0 saturated carbocycles. The molecule has 1 N–H and O–H groups in total. The monoisotopic (exact) mass is 422 g/mol. The molecule has 0 aliphatic rings. The van der Waals surface area contributed by atoms with Crippen LogP contribution in [0, 0.1) is 0 Å². The zero-order valence-corrected chi connectivity index (χ0v) is 16.5. The van der Waals surface area contributed by atoms with E-state index in [0.29, 0.717) is 19.0 Å². The van der Waals surface area contributed by atoms with Crippen LogP contribution in [0.2, 0.25) is 0 Å². The van der Waals surface area contributed by atoms with Crippen LogP contribution < -0.4 is 9.47 Å². The van der Waals surface area contributed by atoms with Crippen LogP contribution >= 0.6 is 15.9 Å². The van der Waals surface area contributed by atoms with Gasteiger partial charge in [0.25, 0.3) is 0 Å². The molecule has 136 valence electrons. The molecule has 27 heavy (non-hydrogen) atoms.